The molecule has 0 saturated carbocycles. The van der Waals surface area contributed by atoms with Crippen molar-refractivity contribution in [2.75, 3.05) is 0 Å². The Morgan fingerprint density at radius 3 is 1.79 bits per heavy atom. The van der Waals surface area contributed by atoms with Gasteiger partial charge in [-0.05, 0) is 71.3 Å². The molecule has 186 valence electrons. The molecule has 1 aromatic heterocycles. The van der Waals surface area contributed by atoms with Gasteiger partial charge in [-0.15, -0.1) is 0 Å². The predicted molar refractivity (Wildman–Crippen MR) is 161 cm³/mol. The number of fused-ring (bicyclic) bond motifs is 6. The number of hydrogen-bond donors (Lipinski definition) is 0. The van der Waals surface area contributed by atoms with Crippen molar-refractivity contribution >= 4 is 21.8 Å². The van der Waals surface area contributed by atoms with Gasteiger partial charge >= 0.3 is 0 Å². The van der Waals surface area contributed by atoms with E-state index in [2.05, 4.69) is 147 Å². The first-order valence-corrected chi connectivity index (χ1v) is 13.9. The Labute approximate surface area is 225 Å². The summed E-state index contributed by atoms with van der Waals surface area (Å²) >= 11 is 0. The van der Waals surface area contributed by atoms with Gasteiger partial charge in [0.2, 0.25) is 0 Å². The third kappa shape index (κ3) is 2.93. The summed E-state index contributed by atoms with van der Waals surface area (Å²) in [6.45, 7) is 7.07. The number of nitrogens with zero attached hydrogens (tertiary/aromatic N) is 1. The maximum atomic E-state index is 2.64. The van der Waals surface area contributed by atoms with E-state index in [-0.39, 0.29) is 11.0 Å². The highest BCUT2D eigenvalue weighted by atomic mass is 15.1. The van der Waals surface area contributed by atoms with Gasteiger partial charge in [-0.2, -0.15) is 0 Å². The monoisotopic (exact) mass is 491 g/mol. The number of aromatic nitrogens is 1. The van der Waals surface area contributed by atoms with E-state index in [9.17, 15) is 0 Å². The van der Waals surface area contributed by atoms with Gasteiger partial charge in [-0.1, -0.05) is 117 Å². The Morgan fingerprint density at radius 2 is 1.13 bits per heavy atom. The molecule has 5 aromatic carbocycles. The van der Waals surface area contributed by atoms with Gasteiger partial charge in [-0.25, -0.2) is 0 Å². The summed E-state index contributed by atoms with van der Waals surface area (Å²) in [6, 6.07) is 45.2. The minimum atomic E-state index is -0.376. The first-order valence-electron chi connectivity index (χ1n) is 13.9. The first kappa shape index (κ1) is 23.0. The number of rotatable bonds is 5. The molecule has 1 heterocycles. The molecule has 0 unspecified atom stereocenters. The van der Waals surface area contributed by atoms with Gasteiger partial charge in [-0.3, -0.25) is 0 Å². The first-order chi connectivity index (χ1) is 18.6. The van der Waals surface area contributed by atoms with Gasteiger partial charge in [0.25, 0.3) is 0 Å². The van der Waals surface area contributed by atoms with E-state index in [0.717, 1.165) is 12.8 Å². The van der Waals surface area contributed by atoms with Crippen LogP contribution in [-0.2, 0) is 11.0 Å². The Bertz CT molecular complexity index is 1750. The lowest BCUT2D eigenvalue weighted by atomic mass is 9.67. The molecule has 0 saturated heterocycles. The normalized spacial score (nSPS) is 14.1. The Hall–Kier alpha value is -4.10. The van der Waals surface area contributed by atoms with Crippen molar-refractivity contribution in [3.8, 4) is 11.1 Å². The van der Waals surface area contributed by atoms with Crippen molar-refractivity contribution in [1.29, 1.82) is 0 Å². The molecule has 1 aliphatic rings. The molecule has 0 radical (unpaired) electrons. The largest absolute Gasteiger partial charge is 0.335 e. The average molecular weight is 492 g/mol. The molecule has 0 fully saturated rings. The fourth-order valence-corrected chi connectivity index (χ4v) is 7.05. The van der Waals surface area contributed by atoms with Crippen molar-refractivity contribution in [1.82, 2.24) is 4.57 Å². The van der Waals surface area contributed by atoms with Crippen molar-refractivity contribution in [2.45, 2.75) is 44.6 Å². The summed E-state index contributed by atoms with van der Waals surface area (Å²) in [6.07, 6.45) is 2.16. The van der Waals surface area contributed by atoms with Crippen LogP contribution in [0.15, 0.2) is 121 Å². The molecule has 0 N–H and O–H groups in total. The molecule has 1 aliphatic carbocycles. The van der Waals surface area contributed by atoms with Crippen molar-refractivity contribution in [2.24, 2.45) is 0 Å². The lowest BCUT2D eigenvalue weighted by Crippen LogP contribution is -2.30. The van der Waals surface area contributed by atoms with Crippen LogP contribution in [0.1, 0.15) is 55.9 Å². The summed E-state index contributed by atoms with van der Waals surface area (Å²) in [5.74, 6) is 0. The van der Waals surface area contributed by atoms with Gasteiger partial charge in [0, 0.05) is 27.3 Å². The molecule has 1 nitrogen and oxygen atoms in total. The highest BCUT2D eigenvalue weighted by Gasteiger charge is 2.46. The fraction of sp³-hybridized carbons (Fsp3) is 0.189. The second kappa shape index (κ2) is 8.46. The van der Waals surface area contributed by atoms with E-state index < -0.39 is 0 Å². The Morgan fingerprint density at radius 1 is 0.553 bits per heavy atom. The van der Waals surface area contributed by atoms with Crippen molar-refractivity contribution in [3.63, 3.8) is 0 Å². The van der Waals surface area contributed by atoms with Gasteiger partial charge in [0.1, 0.15) is 0 Å². The summed E-state index contributed by atoms with van der Waals surface area (Å²) < 4.78 is 2.64. The van der Waals surface area contributed by atoms with Crippen LogP contribution in [0.3, 0.4) is 0 Å². The molecule has 0 bridgehead atoms. The number of benzene rings is 5. The Kier molecular flexibility index (Phi) is 5.13. The maximum Gasteiger partial charge on any atom is 0.0714 e. The van der Waals surface area contributed by atoms with Crippen LogP contribution in [0.4, 0.5) is 0 Å². The third-order valence-electron chi connectivity index (χ3n) is 9.31. The van der Waals surface area contributed by atoms with E-state index in [4.69, 9.17) is 0 Å². The molecular formula is C37H33N. The SMILES string of the molecule is CCC(C)(CC)n1c2ccccc2c2cc3c(cc21)C(c1ccccc1)(c1ccccc1)c1ccccc1-3. The standard InChI is InChI=1S/C37H33N/c1-4-36(3,5-2)38-34-23-15-13-21-29(34)31-24-30-28-20-12-14-22-32(28)37(33(30)25-35(31)38,26-16-8-6-9-17-26)27-18-10-7-11-19-27/h6-25H,4-5H2,1-3H3. The number of para-hydroxylation sites is 1. The smallest absolute Gasteiger partial charge is 0.0714 e. The van der Waals surface area contributed by atoms with Crippen LogP contribution < -0.4 is 0 Å². The summed E-state index contributed by atoms with van der Waals surface area (Å²) in [4.78, 5) is 0. The van der Waals surface area contributed by atoms with Crippen LogP contribution in [0.2, 0.25) is 0 Å². The van der Waals surface area contributed by atoms with E-state index in [1.807, 2.05) is 0 Å². The van der Waals surface area contributed by atoms with E-state index in [0.29, 0.717) is 0 Å². The average Bonchev–Trinajstić information content (AvgIpc) is 3.47. The van der Waals surface area contributed by atoms with Crippen LogP contribution >= 0.6 is 0 Å². The van der Waals surface area contributed by atoms with Crippen LogP contribution in [0.25, 0.3) is 32.9 Å². The molecule has 6 aromatic rings. The van der Waals surface area contributed by atoms with Crippen molar-refractivity contribution in [3.05, 3.63) is 144 Å². The van der Waals surface area contributed by atoms with Gasteiger partial charge in [0.05, 0.1) is 5.41 Å². The number of hydrogen-bond acceptors (Lipinski definition) is 0. The summed E-state index contributed by atoms with van der Waals surface area (Å²) in [5.41, 5.74) is 10.4. The molecule has 7 rings (SSSR count). The van der Waals surface area contributed by atoms with E-state index in [1.54, 1.807) is 0 Å². The second-order valence-electron chi connectivity index (χ2n) is 11.0. The lowest BCUT2D eigenvalue weighted by Gasteiger charge is -2.35. The minimum absolute atomic E-state index is 0.0310. The van der Waals surface area contributed by atoms with Crippen LogP contribution in [0.5, 0.6) is 0 Å². The molecule has 0 atom stereocenters. The van der Waals surface area contributed by atoms with Crippen LogP contribution in [0, 0.1) is 0 Å². The van der Waals surface area contributed by atoms with E-state index in [1.165, 1.54) is 55.2 Å². The lowest BCUT2D eigenvalue weighted by molar-refractivity contribution is 0.313. The van der Waals surface area contributed by atoms with Gasteiger partial charge < -0.3 is 4.57 Å². The zero-order chi connectivity index (χ0) is 25.9. The maximum absolute atomic E-state index is 2.64. The van der Waals surface area contributed by atoms with Crippen LogP contribution in [-0.4, -0.2) is 4.57 Å². The minimum Gasteiger partial charge on any atom is -0.335 e. The molecule has 38 heavy (non-hydrogen) atoms. The molecule has 0 spiro atoms. The van der Waals surface area contributed by atoms with Crippen molar-refractivity contribution < 1.29 is 0 Å². The fourth-order valence-electron chi connectivity index (χ4n) is 7.05. The Balaban J connectivity index is 1.70. The van der Waals surface area contributed by atoms with Gasteiger partial charge in [0.15, 0.2) is 0 Å². The zero-order valence-electron chi connectivity index (χ0n) is 22.4. The predicted octanol–water partition coefficient (Wildman–Crippen LogP) is 9.69. The molecule has 1 heteroatoms. The molecular weight excluding hydrogens is 458 g/mol. The third-order valence-corrected chi connectivity index (χ3v) is 9.31. The summed E-state index contributed by atoms with van der Waals surface area (Å²) in [5, 5.41) is 2.69. The second-order valence-corrected chi connectivity index (χ2v) is 11.0. The quantitative estimate of drug-likeness (QED) is 0.226. The highest BCUT2D eigenvalue weighted by molar-refractivity contribution is 6.11. The summed E-state index contributed by atoms with van der Waals surface area (Å²) in [7, 11) is 0. The highest BCUT2D eigenvalue weighted by Crippen LogP contribution is 2.57. The topological polar surface area (TPSA) is 4.93 Å². The van der Waals surface area contributed by atoms with E-state index >= 15 is 0 Å². The molecule has 0 aliphatic heterocycles. The zero-order valence-corrected chi connectivity index (χ0v) is 22.4. The molecule has 0 amide bonds.